The van der Waals surface area contributed by atoms with Gasteiger partial charge in [0.1, 0.15) is 0 Å². The molecule has 9 heteroatoms. The molecule has 1 aliphatic heterocycles. The molecule has 1 aromatic carbocycles. The minimum Gasteiger partial charge on any atom is -0.462 e. The highest BCUT2D eigenvalue weighted by molar-refractivity contribution is 5.94. The largest absolute Gasteiger partial charge is 0.462 e. The summed E-state index contributed by atoms with van der Waals surface area (Å²) in [5.41, 5.74) is -0.956. The van der Waals surface area contributed by atoms with Gasteiger partial charge in [-0.25, -0.2) is 4.79 Å². The molecule has 0 amide bonds. The zero-order chi connectivity index (χ0) is 19.6. The van der Waals surface area contributed by atoms with Crippen molar-refractivity contribution in [2.24, 2.45) is 5.92 Å². The first-order chi connectivity index (χ1) is 12.9. The van der Waals surface area contributed by atoms with Gasteiger partial charge in [0, 0.05) is 24.7 Å². The summed E-state index contributed by atoms with van der Waals surface area (Å²) in [5.74, 6) is -0.402. The molecule has 2 aliphatic rings. The first kappa shape index (κ1) is 19.1. The van der Waals surface area contributed by atoms with Gasteiger partial charge >= 0.3 is 17.3 Å². The average Bonchev–Trinajstić information content (AvgIpc) is 2.66. The standard InChI is InChI=1S/C18H23N3O6/c1-2-27-18(22)13-10-15(20(23)24)17(16(11-13)21(25)26)19-9-5-7-12-6-3-4-8-14(12)19/h10-12,14H,2-9H2,1H3/t12-,14+/m1/s1. The monoisotopic (exact) mass is 377 g/mol. The number of nitro benzene ring substituents is 2. The number of anilines is 1. The molecule has 2 atom stereocenters. The quantitative estimate of drug-likeness (QED) is 0.435. The van der Waals surface area contributed by atoms with Crippen molar-refractivity contribution < 1.29 is 19.4 Å². The van der Waals surface area contributed by atoms with E-state index in [2.05, 4.69) is 0 Å². The molecule has 3 rings (SSSR count). The molecule has 1 aromatic rings. The lowest BCUT2D eigenvalue weighted by Gasteiger charge is -2.44. The van der Waals surface area contributed by atoms with Crippen LogP contribution in [0.25, 0.3) is 0 Å². The Kier molecular flexibility index (Phi) is 5.57. The van der Waals surface area contributed by atoms with Crippen molar-refractivity contribution in [2.75, 3.05) is 18.1 Å². The van der Waals surface area contributed by atoms with Crippen molar-refractivity contribution in [3.63, 3.8) is 0 Å². The summed E-state index contributed by atoms with van der Waals surface area (Å²) in [6.07, 6.45) is 5.95. The number of ether oxygens (including phenoxy) is 1. The second-order valence-corrected chi connectivity index (χ2v) is 7.05. The summed E-state index contributed by atoms with van der Waals surface area (Å²) in [4.78, 5) is 36.1. The van der Waals surface area contributed by atoms with Gasteiger partial charge in [-0.2, -0.15) is 0 Å². The van der Waals surface area contributed by atoms with E-state index in [0.29, 0.717) is 12.5 Å². The van der Waals surface area contributed by atoms with Crippen molar-refractivity contribution in [1.82, 2.24) is 0 Å². The topological polar surface area (TPSA) is 116 Å². The van der Waals surface area contributed by atoms with E-state index in [0.717, 1.165) is 50.7 Å². The Hall–Kier alpha value is -2.71. The molecule has 0 radical (unpaired) electrons. The fourth-order valence-corrected chi connectivity index (χ4v) is 4.41. The molecule has 146 valence electrons. The van der Waals surface area contributed by atoms with E-state index in [-0.39, 0.29) is 23.9 Å². The Morgan fingerprint density at radius 3 is 2.30 bits per heavy atom. The molecule has 27 heavy (non-hydrogen) atoms. The van der Waals surface area contributed by atoms with Crippen molar-refractivity contribution in [3.05, 3.63) is 37.9 Å². The van der Waals surface area contributed by atoms with Crippen molar-refractivity contribution in [1.29, 1.82) is 0 Å². The number of esters is 1. The van der Waals surface area contributed by atoms with Gasteiger partial charge in [0.2, 0.25) is 0 Å². The number of benzene rings is 1. The zero-order valence-corrected chi connectivity index (χ0v) is 15.3. The van der Waals surface area contributed by atoms with E-state index in [9.17, 15) is 25.0 Å². The summed E-state index contributed by atoms with van der Waals surface area (Å²) in [6, 6.07) is 2.28. The Labute approximate surface area is 156 Å². The van der Waals surface area contributed by atoms with Gasteiger partial charge in [-0.05, 0) is 38.5 Å². The Balaban J connectivity index is 2.13. The van der Waals surface area contributed by atoms with Gasteiger partial charge in [0.05, 0.1) is 22.0 Å². The molecule has 1 aliphatic carbocycles. The van der Waals surface area contributed by atoms with Crippen LogP contribution in [0.3, 0.4) is 0 Å². The van der Waals surface area contributed by atoms with Gasteiger partial charge in [-0.15, -0.1) is 0 Å². The van der Waals surface area contributed by atoms with E-state index >= 15 is 0 Å². The minimum absolute atomic E-state index is 0.0228. The van der Waals surface area contributed by atoms with Gasteiger partial charge in [-0.1, -0.05) is 12.8 Å². The van der Waals surface area contributed by atoms with Gasteiger partial charge in [0.25, 0.3) is 0 Å². The number of carbonyl (C=O) groups is 1. The van der Waals surface area contributed by atoms with Gasteiger partial charge in [0.15, 0.2) is 5.69 Å². The summed E-state index contributed by atoms with van der Waals surface area (Å²) in [6.45, 7) is 2.23. The van der Waals surface area contributed by atoms with Crippen LogP contribution >= 0.6 is 0 Å². The first-order valence-corrected chi connectivity index (χ1v) is 9.34. The fraction of sp³-hybridized carbons (Fsp3) is 0.611. The molecule has 0 spiro atoms. The number of carbonyl (C=O) groups excluding carboxylic acids is 1. The number of rotatable bonds is 5. The lowest BCUT2D eigenvalue weighted by Crippen LogP contribution is -2.47. The second kappa shape index (κ2) is 7.89. The van der Waals surface area contributed by atoms with Crippen LogP contribution in [0.5, 0.6) is 0 Å². The van der Waals surface area contributed by atoms with Crippen molar-refractivity contribution in [2.45, 2.75) is 51.5 Å². The second-order valence-electron chi connectivity index (χ2n) is 7.05. The van der Waals surface area contributed by atoms with Crippen LogP contribution in [0.1, 0.15) is 55.8 Å². The maximum atomic E-state index is 12.0. The molecule has 9 nitrogen and oxygen atoms in total. The van der Waals surface area contributed by atoms with E-state index in [1.807, 2.05) is 4.90 Å². The van der Waals surface area contributed by atoms with Crippen LogP contribution in [0.4, 0.5) is 17.1 Å². The first-order valence-electron chi connectivity index (χ1n) is 9.34. The normalized spacial score (nSPS) is 22.0. The third-order valence-corrected chi connectivity index (χ3v) is 5.50. The number of nitro groups is 2. The Morgan fingerprint density at radius 1 is 1.11 bits per heavy atom. The predicted octanol–water partition coefficient (Wildman–Crippen LogP) is 3.84. The molecular weight excluding hydrogens is 354 g/mol. The predicted molar refractivity (Wildman–Crippen MR) is 98.0 cm³/mol. The number of nitrogens with zero attached hydrogens (tertiary/aromatic N) is 3. The van der Waals surface area contributed by atoms with E-state index < -0.39 is 27.2 Å². The van der Waals surface area contributed by atoms with Crippen molar-refractivity contribution >= 4 is 23.0 Å². The molecular formula is C18H23N3O6. The molecule has 0 unspecified atom stereocenters. The smallest absolute Gasteiger partial charge is 0.338 e. The van der Waals surface area contributed by atoms with Crippen LogP contribution in [0.2, 0.25) is 0 Å². The van der Waals surface area contributed by atoms with E-state index in [1.165, 1.54) is 0 Å². The maximum absolute atomic E-state index is 12.0. The Morgan fingerprint density at radius 2 is 1.70 bits per heavy atom. The third kappa shape index (κ3) is 3.72. The molecule has 1 heterocycles. The molecule has 0 bridgehead atoms. The number of hydrogen-bond donors (Lipinski definition) is 0. The number of piperidine rings is 1. The maximum Gasteiger partial charge on any atom is 0.338 e. The van der Waals surface area contributed by atoms with Gasteiger partial charge in [-0.3, -0.25) is 20.2 Å². The summed E-state index contributed by atoms with van der Waals surface area (Å²) in [7, 11) is 0. The molecule has 0 aromatic heterocycles. The van der Waals surface area contributed by atoms with Crippen LogP contribution in [-0.4, -0.2) is 35.0 Å². The molecule has 2 fully saturated rings. The molecule has 1 saturated carbocycles. The fourth-order valence-electron chi connectivity index (χ4n) is 4.41. The van der Waals surface area contributed by atoms with E-state index in [4.69, 9.17) is 4.74 Å². The molecule has 0 N–H and O–H groups in total. The molecule has 1 saturated heterocycles. The minimum atomic E-state index is -0.801. The van der Waals surface area contributed by atoms with Gasteiger partial charge < -0.3 is 9.64 Å². The number of fused-ring (bicyclic) bond motifs is 1. The summed E-state index contributed by atoms with van der Waals surface area (Å²) in [5, 5.41) is 23.5. The highest BCUT2D eigenvalue weighted by Gasteiger charge is 2.40. The highest BCUT2D eigenvalue weighted by atomic mass is 16.6. The van der Waals surface area contributed by atoms with E-state index in [1.54, 1.807) is 6.92 Å². The third-order valence-electron chi connectivity index (χ3n) is 5.50. The van der Waals surface area contributed by atoms with Crippen LogP contribution < -0.4 is 4.90 Å². The van der Waals surface area contributed by atoms with Crippen LogP contribution in [-0.2, 0) is 4.74 Å². The highest BCUT2D eigenvalue weighted by Crippen LogP contribution is 2.45. The van der Waals surface area contributed by atoms with Crippen LogP contribution in [0.15, 0.2) is 12.1 Å². The number of hydrogen-bond acceptors (Lipinski definition) is 7. The van der Waals surface area contributed by atoms with Crippen LogP contribution in [0, 0.1) is 26.1 Å². The summed E-state index contributed by atoms with van der Waals surface area (Å²) < 4.78 is 4.87. The average molecular weight is 377 g/mol. The lowest BCUT2D eigenvalue weighted by atomic mass is 9.78. The Bertz CT molecular complexity index is 728. The lowest BCUT2D eigenvalue weighted by molar-refractivity contribution is -0.392. The summed E-state index contributed by atoms with van der Waals surface area (Å²) >= 11 is 0. The zero-order valence-electron chi connectivity index (χ0n) is 15.3. The SMILES string of the molecule is CCOC(=O)c1cc([N+](=O)[O-])c(N2CCC[C@H]3CCCC[C@@H]32)c([N+](=O)[O-])c1. The van der Waals surface area contributed by atoms with Crippen molar-refractivity contribution in [3.8, 4) is 0 Å².